The van der Waals surface area contributed by atoms with Crippen LogP contribution in [0.1, 0.15) is 52.0 Å². The Morgan fingerprint density at radius 3 is 2.56 bits per heavy atom. The number of rotatable bonds is 3. The highest BCUT2D eigenvalue weighted by Gasteiger charge is 2.36. The van der Waals surface area contributed by atoms with E-state index in [1.165, 1.54) is 6.92 Å². The summed E-state index contributed by atoms with van der Waals surface area (Å²) in [7, 11) is -3.05. The molecule has 3 aliphatic rings. The van der Waals surface area contributed by atoms with Crippen LogP contribution in [0.15, 0.2) is 30.6 Å². The number of sulfone groups is 1. The van der Waals surface area contributed by atoms with Crippen molar-refractivity contribution in [2.45, 2.75) is 64.1 Å². The van der Waals surface area contributed by atoms with Crippen molar-refractivity contribution in [3.63, 3.8) is 0 Å². The van der Waals surface area contributed by atoms with Gasteiger partial charge in [0.15, 0.2) is 9.84 Å². The quantitative estimate of drug-likeness (QED) is 0.658. The highest BCUT2D eigenvalue weighted by atomic mass is 32.2. The van der Waals surface area contributed by atoms with Crippen molar-refractivity contribution >= 4 is 33.2 Å². The highest BCUT2D eigenvalue weighted by molar-refractivity contribution is 7.91. The Bertz CT molecular complexity index is 1220. The molecule has 5 rings (SSSR count). The number of hydrogen-bond acceptors (Lipinski definition) is 6. The van der Waals surface area contributed by atoms with Crippen LogP contribution in [0.25, 0.3) is 11.1 Å². The first-order chi connectivity index (χ1) is 16.2. The molecule has 2 aliphatic heterocycles. The number of anilines is 2. The first-order valence-corrected chi connectivity index (χ1v) is 13.7. The highest BCUT2D eigenvalue weighted by Crippen LogP contribution is 2.40. The van der Waals surface area contributed by atoms with Gasteiger partial charge in [-0.05, 0) is 56.7 Å². The van der Waals surface area contributed by atoms with E-state index in [0.29, 0.717) is 24.3 Å². The Kier molecular flexibility index (Phi) is 5.87. The molecule has 1 saturated carbocycles. The van der Waals surface area contributed by atoms with Gasteiger partial charge in [-0.2, -0.15) is 5.10 Å². The lowest BCUT2D eigenvalue weighted by Gasteiger charge is -2.41. The number of hydrogen-bond donors (Lipinski definition) is 0. The summed E-state index contributed by atoms with van der Waals surface area (Å²) in [5, 5.41) is 4.44. The largest absolute Gasteiger partial charge is 0.446 e. The standard InChI is InChI=1S/C24H30N4O5S/c1-16-13-26(24(30)33-21-6-3-7-21)23-11-18(8-9-22(23)28(16)17(2)29)19-12-25-27(14-19)20-5-4-10-34(31,32)15-20/h8-9,11-12,14,16,20-21H,3-7,10,13,15H2,1-2H3/t16-,20-/m0/s1. The molecule has 2 atom stereocenters. The first kappa shape index (κ1) is 22.9. The molecule has 2 fully saturated rings. The number of benzene rings is 1. The van der Waals surface area contributed by atoms with Crippen molar-refractivity contribution in [2.75, 3.05) is 27.9 Å². The fraction of sp³-hybridized carbons (Fsp3) is 0.542. The molecule has 0 spiro atoms. The van der Waals surface area contributed by atoms with Crippen LogP contribution in [-0.4, -0.2) is 60.4 Å². The van der Waals surface area contributed by atoms with Crippen LogP contribution in [0.5, 0.6) is 0 Å². The molecular formula is C24H30N4O5S. The molecule has 2 aromatic rings. The smallest absolute Gasteiger partial charge is 0.414 e. The van der Waals surface area contributed by atoms with Crippen molar-refractivity contribution in [1.82, 2.24) is 9.78 Å². The van der Waals surface area contributed by atoms with E-state index >= 15 is 0 Å². The van der Waals surface area contributed by atoms with Crippen molar-refractivity contribution in [2.24, 2.45) is 0 Å². The lowest BCUT2D eigenvalue weighted by Crippen LogP contribution is -2.52. The third-order valence-corrected chi connectivity index (χ3v) is 8.84. The van der Waals surface area contributed by atoms with E-state index in [2.05, 4.69) is 5.10 Å². The van der Waals surface area contributed by atoms with Gasteiger partial charge in [0.25, 0.3) is 0 Å². The number of carbonyl (C=O) groups is 2. The summed E-state index contributed by atoms with van der Waals surface area (Å²) in [4.78, 5) is 28.8. The number of ether oxygens (including phenoxy) is 1. The summed E-state index contributed by atoms with van der Waals surface area (Å²) in [5.74, 6) is 0.255. The van der Waals surface area contributed by atoms with E-state index < -0.39 is 9.84 Å². The Hall–Kier alpha value is -2.88. The third kappa shape index (κ3) is 4.31. The van der Waals surface area contributed by atoms with Crippen molar-refractivity contribution in [3.8, 4) is 11.1 Å². The molecule has 9 nitrogen and oxygen atoms in total. The Morgan fingerprint density at radius 1 is 1.09 bits per heavy atom. The first-order valence-electron chi connectivity index (χ1n) is 11.9. The number of nitrogens with zero attached hydrogens (tertiary/aromatic N) is 4. The molecule has 10 heteroatoms. The molecule has 0 radical (unpaired) electrons. The second-order valence-corrected chi connectivity index (χ2v) is 11.8. The van der Waals surface area contributed by atoms with E-state index in [4.69, 9.17) is 4.74 Å². The van der Waals surface area contributed by atoms with Crippen LogP contribution in [0.2, 0.25) is 0 Å². The van der Waals surface area contributed by atoms with E-state index in [-0.39, 0.29) is 41.7 Å². The maximum atomic E-state index is 13.0. The van der Waals surface area contributed by atoms with Crippen molar-refractivity contribution in [1.29, 1.82) is 0 Å². The van der Waals surface area contributed by atoms with Gasteiger partial charge in [-0.1, -0.05) is 6.07 Å². The second kappa shape index (κ2) is 8.72. The predicted molar refractivity (Wildman–Crippen MR) is 129 cm³/mol. The Balaban J connectivity index is 1.47. The lowest BCUT2D eigenvalue weighted by molar-refractivity contribution is -0.117. The Morgan fingerprint density at radius 2 is 1.88 bits per heavy atom. The molecule has 2 amide bonds. The molecule has 0 N–H and O–H groups in total. The molecule has 3 heterocycles. The average Bonchev–Trinajstić information content (AvgIpc) is 3.24. The van der Waals surface area contributed by atoms with Crippen LogP contribution in [0.3, 0.4) is 0 Å². The molecular weight excluding hydrogens is 456 g/mol. The van der Waals surface area contributed by atoms with Gasteiger partial charge in [-0.25, -0.2) is 13.2 Å². The van der Waals surface area contributed by atoms with E-state index in [9.17, 15) is 18.0 Å². The van der Waals surface area contributed by atoms with Crippen LogP contribution in [-0.2, 0) is 19.4 Å². The van der Waals surface area contributed by atoms with Gasteiger partial charge in [0.1, 0.15) is 6.10 Å². The Labute approximate surface area is 199 Å². The fourth-order valence-electron chi connectivity index (χ4n) is 5.05. The molecule has 182 valence electrons. The summed E-state index contributed by atoms with van der Waals surface area (Å²) < 4.78 is 31.5. The van der Waals surface area contributed by atoms with E-state index in [0.717, 1.165) is 36.8 Å². The maximum Gasteiger partial charge on any atom is 0.414 e. The van der Waals surface area contributed by atoms with Crippen LogP contribution in [0.4, 0.5) is 16.2 Å². The van der Waals surface area contributed by atoms with Gasteiger partial charge >= 0.3 is 6.09 Å². The molecule has 34 heavy (non-hydrogen) atoms. The van der Waals surface area contributed by atoms with Crippen molar-refractivity contribution in [3.05, 3.63) is 30.6 Å². The molecule has 1 aliphatic carbocycles. The predicted octanol–water partition coefficient (Wildman–Crippen LogP) is 3.55. The number of carbonyl (C=O) groups excluding carboxylic acids is 2. The lowest BCUT2D eigenvalue weighted by atomic mass is 9.96. The average molecular weight is 487 g/mol. The molecule has 1 aromatic heterocycles. The minimum atomic E-state index is -3.05. The van der Waals surface area contributed by atoms with Gasteiger partial charge in [-0.15, -0.1) is 0 Å². The number of amides is 2. The zero-order valence-corrected chi connectivity index (χ0v) is 20.3. The van der Waals surface area contributed by atoms with Gasteiger partial charge in [0, 0.05) is 25.2 Å². The van der Waals surface area contributed by atoms with Crippen LogP contribution >= 0.6 is 0 Å². The minimum Gasteiger partial charge on any atom is -0.446 e. The monoisotopic (exact) mass is 486 g/mol. The summed E-state index contributed by atoms with van der Waals surface area (Å²) in [6.45, 7) is 3.80. The van der Waals surface area contributed by atoms with E-state index in [1.54, 1.807) is 20.7 Å². The van der Waals surface area contributed by atoms with Gasteiger partial charge in [0.2, 0.25) is 5.91 Å². The zero-order valence-electron chi connectivity index (χ0n) is 19.5. The van der Waals surface area contributed by atoms with Gasteiger partial charge < -0.3 is 9.64 Å². The van der Waals surface area contributed by atoms with Gasteiger partial charge in [0.05, 0.1) is 41.2 Å². The van der Waals surface area contributed by atoms with Crippen LogP contribution < -0.4 is 9.80 Å². The summed E-state index contributed by atoms with van der Waals surface area (Å²) in [6, 6.07) is 5.29. The molecule has 1 saturated heterocycles. The van der Waals surface area contributed by atoms with E-state index in [1.807, 2.05) is 31.3 Å². The van der Waals surface area contributed by atoms with Crippen LogP contribution in [0, 0.1) is 0 Å². The third-order valence-electron chi connectivity index (χ3n) is 7.04. The number of fused-ring (bicyclic) bond motifs is 1. The second-order valence-electron chi connectivity index (χ2n) is 9.61. The molecule has 0 unspecified atom stereocenters. The topological polar surface area (TPSA) is 102 Å². The normalized spacial score (nSPS) is 24.3. The summed E-state index contributed by atoms with van der Waals surface area (Å²) >= 11 is 0. The molecule has 1 aromatic carbocycles. The fourth-order valence-corrected chi connectivity index (χ4v) is 6.73. The van der Waals surface area contributed by atoms with Crippen molar-refractivity contribution < 1.29 is 22.7 Å². The summed E-state index contributed by atoms with van der Waals surface area (Å²) in [6.07, 6.45) is 7.41. The molecule has 0 bridgehead atoms. The SMILES string of the molecule is CC(=O)N1c2ccc(-c3cnn([C@H]4CCCS(=O)(=O)C4)c3)cc2N(C(=O)OC2CCC2)C[C@@H]1C. The summed E-state index contributed by atoms with van der Waals surface area (Å²) in [5.41, 5.74) is 2.96. The zero-order chi connectivity index (χ0) is 24.0. The number of aromatic nitrogens is 2. The maximum absolute atomic E-state index is 13.0. The van der Waals surface area contributed by atoms with Gasteiger partial charge in [-0.3, -0.25) is 14.4 Å². The minimum absolute atomic E-state index is 0.0368.